The van der Waals surface area contributed by atoms with Crippen LogP contribution in [0.4, 0.5) is 14.5 Å². The van der Waals surface area contributed by atoms with Crippen LogP contribution < -0.4 is 5.32 Å². The molecule has 0 radical (unpaired) electrons. The number of rotatable bonds is 6. The lowest BCUT2D eigenvalue weighted by molar-refractivity contribution is -0.0976. The molecule has 4 atom stereocenters. The molecular weight excluding hydrogens is 384 g/mol. The van der Waals surface area contributed by atoms with Gasteiger partial charge in [-0.05, 0) is 37.5 Å². The molecule has 2 aliphatic rings. The van der Waals surface area contributed by atoms with E-state index in [1.165, 1.54) is 11.6 Å². The molecule has 0 bridgehead atoms. The van der Waals surface area contributed by atoms with E-state index in [-0.39, 0.29) is 29.7 Å². The van der Waals surface area contributed by atoms with E-state index in [0.717, 1.165) is 37.2 Å². The lowest BCUT2D eigenvalue weighted by atomic mass is 9.76. The molecule has 6 heteroatoms. The maximum atomic E-state index is 13.4. The highest BCUT2D eigenvalue weighted by Gasteiger charge is 2.42. The van der Waals surface area contributed by atoms with Gasteiger partial charge in [-0.1, -0.05) is 36.4 Å². The summed E-state index contributed by atoms with van der Waals surface area (Å²) < 4.78 is 33.4. The normalized spacial score (nSPS) is 25.6. The molecule has 30 heavy (non-hydrogen) atoms. The molecule has 0 saturated carbocycles. The Morgan fingerprint density at radius 2 is 2.00 bits per heavy atom. The van der Waals surface area contributed by atoms with Gasteiger partial charge in [0.1, 0.15) is 0 Å². The summed E-state index contributed by atoms with van der Waals surface area (Å²) in [5, 5.41) is 3.61. The first kappa shape index (κ1) is 20.8. The molecule has 160 valence electrons. The number of ether oxygens (including phenoxy) is 1. The Kier molecular flexibility index (Phi) is 6.32. The number of nitrogens with one attached hydrogen (secondary N) is 1. The van der Waals surface area contributed by atoms with Gasteiger partial charge in [0.05, 0.1) is 24.6 Å². The smallest absolute Gasteiger partial charge is 0.263 e. The summed E-state index contributed by atoms with van der Waals surface area (Å²) in [6.07, 6.45) is 1.10. The molecule has 2 aromatic rings. The van der Waals surface area contributed by atoms with Crippen molar-refractivity contribution in [3.05, 3.63) is 65.2 Å². The second-order valence-corrected chi connectivity index (χ2v) is 8.06. The van der Waals surface area contributed by atoms with E-state index in [0.29, 0.717) is 0 Å². The van der Waals surface area contributed by atoms with Crippen LogP contribution in [-0.2, 0) is 4.74 Å². The van der Waals surface area contributed by atoms with E-state index < -0.39 is 6.43 Å². The second kappa shape index (κ2) is 9.13. The molecule has 2 heterocycles. The van der Waals surface area contributed by atoms with Crippen molar-refractivity contribution in [2.75, 3.05) is 25.5 Å². The summed E-state index contributed by atoms with van der Waals surface area (Å²) in [7, 11) is 1.76. The SMILES string of the molecule is CCN(C=NC)CC1CC[C@@H]2C(O1)c1cc(C(F)F)ccc1N[C@H]2c1ccccc1. The Morgan fingerprint density at radius 1 is 1.20 bits per heavy atom. The van der Waals surface area contributed by atoms with Gasteiger partial charge in [0.15, 0.2) is 0 Å². The molecule has 1 saturated heterocycles. The van der Waals surface area contributed by atoms with Gasteiger partial charge in [0.25, 0.3) is 6.43 Å². The zero-order chi connectivity index (χ0) is 21.1. The number of fused-ring (bicyclic) bond motifs is 3. The zero-order valence-electron chi connectivity index (χ0n) is 17.5. The van der Waals surface area contributed by atoms with E-state index in [1.54, 1.807) is 19.2 Å². The van der Waals surface area contributed by atoms with Crippen molar-refractivity contribution in [1.82, 2.24) is 4.90 Å². The summed E-state index contributed by atoms with van der Waals surface area (Å²) in [5.41, 5.74) is 2.98. The third-order valence-corrected chi connectivity index (χ3v) is 6.20. The van der Waals surface area contributed by atoms with Gasteiger partial charge >= 0.3 is 0 Å². The predicted molar refractivity (Wildman–Crippen MR) is 116 cm³/mol. The molecule has 0 amide bonds. The van der Waals surface area contributed by atoms with Crippen LogP contribution in [0, 0.1) is 5.92 Å². The maximum absolute atomic E-state index is 13.4. The lowest BCUT2D eigenvalue weighted by Gasteiger charge is -2.46. The summed E-state index contributed by atoms with van der Waals surface area (Å²) in [5.74, 6) is 0.194. The fourth-order valence-electron chi connectivity index (χ4n) is 4.72. The zero-order valence-corrected chi connectivity index (χ0v) is 17.5. The molecule has 2 aromatic carbocycles. The standard InChI is InChI=1S/C24H29F2N3O/c1-3-29(15-27-2)14-18-10-11-19-22(16-7-5-4-6-8-16)28-21-12-9-17(24(25)26)13-20(21)23(19)30-18/h4-9,12-13,15,18-19,22-24,28H,3,10-11,14H2,1-2H3/t18?,19-,22-,23?/m0/s1. The average Bonchev–Trinajstić information content (AvgIpc) is 2.78. The Hall–Kier alpha value is -2.47. The van der Waals surface area contributed by atoms with Crippen molar-refractivity contribution in [2.24, 2.45) is 10.9 Å². The van der Waals surface area contributed by atoms with E-state index in [2.05, 4.69) is 34.3 Å². The number of hydrogen-bond acceptors (Lipinski definition) is 3. The maximum Gasteiger partial charge on any atom is 0.263 e. The van der Waals surface area contributed by atoms with Gasteiger partial charge in [-0.25, -0.2) is 8.78 Å². The minimum Gasteiger partial charge on any atom is -0.378 e. The number of alkyl halides is 2. The minimum absolute atomic E-state index is 0.0433. The highest BCUT2D eigenvalue weighted by atomic mass is 19.3. The molecule has 4 nitrogen and oxygen atoms in total. The van der Waals surface area contributed by atoms with E-state index in [4.69, 9.17) is 4.74 Å². The van der Waals surface area contributed by atoms with Gasteiger partial charge < -0.3 is 15.0 Å². The van der Waals surface area contributed by atoms with E-state index in [1.807, 2.05) is 24.5 Å². The Morgan fingerprint density at radius 3 is 2.70 bits per heavy atom. The van der Waals surface area contributed by atoms with Crippen LogP contribution in [0.1, 0.15) is 55.0 Å². The lowest BCUT2D eigenvalue weighted by Crippen LogP contribution is -2.43. The fraction of sp³-hybridized carbons (Fsp3) is 0.458. The van der Waals surface area contributed by atoms with Crippen LogP contribution in [0.2, 0.25) is 0 Å². The number of benzene rings is 2. The number of likely N-dealkylation sites (N-methyl/N-ethyl adjacent to an activating group) is 1. The summed E-state index contributed by atoms with van der Waals surface area (Å²) in [6, 6.07) is 15.3. The van der Waals surface area contributed by atoms with Gasteiger partial charge in [-0.3, -0.25) is 4.99 Å². The van der Waals surface area contributed by atoms with Crippen LogP contribution in [0.3, 0.4) is 0 Å². The average molecular weight is 414 g/mol. The molecule has 0 aromatic heterocycles. The number of halogens is 2. The molecule has 0 spiro atoms. The first-order valence-corrected chi connectivity index (χ1v) is 10.7. The highest BCUT2D eigenvalue weighted by Crippen LogP contribution is 2.50. The predicted octanol–water partition coefficient (Wildman–Crippen LogP) is 5.61. The van der Waals surface area contributed by atoms with Crippen LogP contribution in [0.25, 0.3) is 0 Å². The Bertz CT molecular complexity index is 874. The topological polar surface area (TPSA) is 36.9 Å². The van der Waals surface area contributed by atoms with Gasteiger partial charge in [0.2, 0.25) is 0 Å². The summed E-state index contributed by atoms with van der Waals surface area (Å²) in [6.45, 7) is 3.70. The quantitative estimate of drug-likeness (QED) is 0.494. The molecular formula is C24H29F2N3O. The van der Waals surface area contributed by atoms with Crippen LogP contribution in [-0.4, -0.2) is 37.5 Å². The number of aliphatic imine (C=N–C) groups is 1. The molecule has 4 rings (SSSR count). The third-order valence-electron chi connectivity index (χ3n) is 6.20. The molecule has 2 aliphatic heterocycles. The fourth-order valence-corrected chi connectivity index (χ4v) is 4.72. The molecule has 2 unspecified atom stereocenters. The molecule has 1 fully saturated rings. The highest BCUT2D eigenvalue weighted by molar-refractivity contribution is 5.58. The van der Waals surface area contributed by atoms with Crippen molar-refractivity contribution in [2.45, 2.75) is 44.4 Å². The van der Waals surface area contributed by atoms with Crippen molar-refractivity contribution in [3.63, 3.8) is 0 Å². The van der Waals surface area contributed by atoms with Crippen molar-refractivity contribution in [1.29, 1.82) is 0 Å². The van der Waals surface area contributed by atoms with E-state index in [9.17, 15) is 8.78 Å². The van der Waals surface area contributed by atoms with Gasteiger partial charge in [0, 0.05) is 42.9 Å². The van der Waals surface area contributed by atoms with Crippen LogP contribution >= 0.6 is 0 Å². The number of anilines is 1. The van der Waals surface area contributed by atoms with Crippen LogP contribution in [0.15, 0.2) is 53.5 Å². The van der Waals surface area contributed by atoms with E-state index >= 15 is 0 Å². The largest absolute Gasteiger partial charge is 0.378 e. The van der Waals surface area contributed by atoms with Crippen molar-refractivity contribution < 1.29 is 13.5 Å². The summed E-state index contributed by atoms with van der Waals surface area (Å²) in [4.78, 5) is 6.26. The number of hydrogen-bond donors (Lipinski definition) is 1. The minimum atomic E-state index is -2.49. The Labute approximate surface area is 177 Å². The Balaban J connectivity index is 1.66. The first-order chi connectivity index (χ1) is 14.6. The van der Waals surface area contributed by atoms with Crippen LogP contribution in [0.5, 0.6) is 0 Å². The summed E-state index contributed by atoms with van der Waals surface area (Å²) >= 11 is 0. The first-order valence-electron chi connectivity index (χ1n) is 10.7. The number of nitrogens with zero attached hydrogens (tertiary/aromatic N) is 2. The molecule has 1 N–H and O–H groups in total. The third kappa shape index (κ3) is 4.19. The van der Waals surface area contributed by atoms with Crippen molar-refractivity contribution in [3.8, 4) is 0 Å². The monoisotopic (exact) mass is 413 g/mol. The second-order valence-electron chi connectivity index (χ2n) is 8.06. The van der Waals surface area contributed by atoms with Gasteiger partial charge in [-0.15, -0.1) is 0 Å². The van der Waals surface area contributed by atoms with Crippen molar-refractivity contribution >= 4 is 12.0 Å². The molecule has 0 aliphatic carbocycles. The van der Waals surface area contributed by atoms with Gasteiger partial charge in [-0.2, -0.15) is 0 Å².